The van der Waals surface area contributed by atoms with Gasteiger partial charge in [0.05, 0.1) is 0 Å². The van der Waals surface area contributed by atoms with Crippen LogP contribution in [0.5, 0.6) is 5.75 Å². The van der Waals surface area contributed by atoms with Crippen molar-refractivity contribution in [3.63, 3.8) is 0 Å². The monoisotopic (exact) mass is 511 g/mol. The molecule has 0 fully saturated rings. The Kier molecular flexibility index (Phi) is 10.0. The van der Waals surface area contributed by atoms with Crippen molar-refractivity contribution in [3.8, 4) is 5.75 Å². The molecular weight excluding hydrogens is 489 g/mol. The highest BCUT2D eigenvalue weighted by Crippen LogP contribution is 2.22. The molecule has 0 saturated heterocycles. The number of alkyl halides is 3. The largest absolute Gasteiger partial charge is 0.484 e. The van der Waals surface area contributed by atoms with Crippen LogP contribution in [0.3, 0.4) is 0 Å². The zero-order valence-electron chi connectivity index (χ0n) is 15.2. The molecule has 0 spiro atoms. The third kappa shape index (κ3) is 8.77. The van der Waals surface area contributed by atoms with E-state index in [1.165, 1.54) is 18.2 Å². The third-order valence-electron chi connectivity index (χ3n) is 3.63. The number of hydrogen-bond acceptors (Lipinski definition) is 2. The van der Waals surface area contributed by atoms with Crippen molar-refractivity contribution in [3.05, 3.63) is 65.5 Å². The summed E-state index contributed by atoms with van der Waals surface area (Å²) in [6.45, 7) is -0.576. The van der Waals surface area contributed by atoms with Gasteiger partial charge >= 0.3 is 6.18 Å². The zero-order chi connectivity index (χ0) is 19.7. The van der Waals surface area contributed by atoms with Gasteiger partial charge in [0.25, 0.3) is 0 Å². The van der Waals surface area contributed by atoms with Crippen LogP contribution in [0.25, 0.3) is 0 Å². The Hall–Kier alpha value is -2.04. The van der Waals surface area contributed by atoms with E-state index in [2.05, 4.69) is 15.6 Å². The molecule has 9 heteroatoms. The van der Waals surface area contributed by atoms with Gasteiger partial charge in [-0.25, -0.2) is 4.39 Å². The fourth-order valence-electron chi connectivity index (χ4n) is 2.37. The number of rotatable bonds is 7. The Labute approximate surface area is 178 Å². The summed E-state index contributed by atoms with van der Waals surface area (Å²) >= 11 is 0. The maximum Gasteiger partial charge on any atom is 0.422 e. The Morgan fingerprint density at radius 2 is 1.82 bits per heavy atom. The van der Waals surface area contributed by atoms with E-state index in [4.69, 9.17) is 4.74 Å². The predicted molar refractivity (Wildman–Crippen MR) is 112 cm³/mol. The number of benzene rings is 2. The molecule has 2 aromatic carbocycles. The van der Waals surface area contributed by atoms with Gasteiger partial charge in [0.2, 0.25) is 0 Å². The number of nitrogens with zero attached hydrogens (tertiary/aromatic N) is 1. The van der Waals surface area contributed by atoms with Crippen molar-refractivity contribution in [2.24, 2.45) is 4.99 Å². The second kappa shape index (κ2) is 11.7. The molecule has 2 rings (SSSR count). The van der Waals surface area contributed by atoms with E-state index in [0.29, 0.717) is 24.5 Å². The summed E-state index contributed by atoms with van der Waals surface area (Å²) in [5.41, 5.74) is 1.43. The van der Waals surface area contributed by atoms with E-state index in [-0.39, 0.29) is 42.1 Å². The Bertz CT molecular complexity index is 769. The summed E-state index contributed by atoms with van der Waals surface area (Å²) in [5, 5.41) is 6.10. The summed E-state index contributed by atoms with van der Waals surface area (Å²) in [6, 6.07) is 12.8. The van der Waals surface area contributed by atoms with Crippen LogP contribution in [0.2, 0.25) is 0 Å². The Balaban J connectivity index is 0.00000392. The topological polar surface area (TPSA) is 45.7 Å². The van der Waals surface area contributed by atoms with Crippen molar-refractivity contribution in [2.75, 3.05) is 20.2 Å². The van der Waals surface area contributed by atoms with Gasteiger partial charge in [-0.15, -0.1) is 24.0 Å². The van der Waals surface area contributed by atoms with Gasteiger partial charge < -0.3 is 15.4 Å². The molecule has 0 bridgehead atoms. The zero-order valence-corrected chi connectivity index (χ0v) is 17.6. The molecule has 0 atom stereocenters. The molecule has 2 aromatic rings. The molecule has 0 amide bonds. The minimum absolute atomic E-state index is 0. The fraction of sp³-hybridized carbons (Fsp3) is 0.316. The first kappa shape index (κ1) is 24.0. The lowest BCUT2D eigenvalue weighted by molar-refractivity contribution is -0.153. The molecule has 0 radical (unpaired) electrons. The molecule has 0 aliphatic rings. The molecule has 28 heavy (non-hydrogen) atoms. The lowest BCUT2D eigenvalue weighted by Gasteiger charge is -2.15. The number of halogens is 5. The van der Waals surface area contributed by atoms with Crippen molar-refractivity contribution in [1.29, 1.82) is 0 Å². The van der Waals surface area contributed by atoms with Crippen molar-refractivity contribution in [1.82, 2.24) is 10.6 Å². The molecule has 0 unspecified atom stereocenters. The summed E-state index contributed by atoms with van der Waals surface area (Å²) in [4.78, 5) is 4.07. The van der Waals surface area contributed by atoms with Crippen molar-refractivity contribution < 1.29 is 22.3 Å². The Morgan fingerprint density at radius 1 is 1.07 bits per heavy atom. The maximum absolute atomic E-state index is 13.2. The van der Waals surface area contributed by atoms with Gasteiger partial charge in [-0.05, 0) is 30.2 Å². The van der Waals surface area contributed by atoms with E-state index >= 15 is 0 Å². The normalized spacial score (nSPS) is 11.5. The molecule has 0 aliphatic heterocycles. The fourth-order valence-corrected chi connectivity index (χ4v) is 2.37. The first-order valence-electron chi connectivity index (χ1n) is 8.34. The van der Waals surface area contributed by atoms with Crippen LogP contribution >= 0.6 is 24.0 Å². The van der Waals surface area contributed by atoms with E-state index < -0.39 is 12.8 Å². The third-order valence-corrected chi connectivity index (χ3v) is 3.63. The summed E-state index contributed by atoms with van der Waals surface area (Å²) < 4.78 is 55.1. The van der Waals surface area contributed by atoms with Crippen LogP contribution in [-0.4, -0.2) is 32.3 Å². The van der Waals surface area contributed by atoms with Gasteiger partial charge in [-0.3, -0.25) is 4.99 Å². The first-order valence-corrected chi connectivity index (χ1v) is 8.34. The Morgan fingerprint density at radius 3 is 2.50 bits per heavy atom. The second-order valence-electron chi connectivity index (χ2n) is 5.74. The van der Waals surface area contributed by atoms with Crippen LogP contribution in [-0.2, 0) is 13.0 Å². The van der Waals surface area contributed by atoms with Gasteiger partial charge in [-0.2, -0.15) is 13.2 Å². The molecule has 154 valence electrons. The lowest BCUT2D eigenvalue weighted by atomic mass is 10.1. The van der Waals surface area contributed by atoms with Gasteiger partial charge in [0.1, 0.15) is 11.6 Å². The van der Waals surface area contributed by atoms with Crippen LogP contribution in [0.1, 0.15) is 11.1 Å². The molecule has 2 N–H and O–H groups in total. The number of guanidine groups is 1. The molecule has 0 aromatic heterocycles. The average molecular weight is 511 g/mol. The highest BCUT2D eigenvalue weighted by atomic mass is 127. The minimum Gasteiger partial charge on any atom is -0.484 e. The van der Waals surface area contributed by atoms with Gasteiger partial charge in [0, 0.05) is 25.7 Å². The van der Waals surface area contributed by atoms with Crippen molar-refractivity contribution in [2.45, 2.75) is 19.1 Å². The average Bonchev–Trinajstić information content (AvgIpc) is 2.63. The van der Waals surface area contributed by atoms with E-state index in [1.54, 1.807) is 31.3 Å². The van der Waals surface area contributed by atoms with Crippen LogP contribution in [0.4, 0.5) is 17.6 Å². The van der Waals surface area contributed by atoms with Crippen LogP contribution in [0.15, 0.2) is 53.5 Å². The molecular formula is C19H22F4IN3O. The quantitative estimate of drug-likeness (QED) is 0.253. The standard InChI is InChI=1S/C19H21F4N3O.HI/c1-24-18(25-10-9-14-5-4-7-16(20)11-14)26-12-15-6-2-3-8-17(15)27-13-19(21,22)23;/h2-8,11H,9-10,12-13H2,1H3,(H2,24,25,26);1H. The number of aliphatic imine (C=N–C) groups is 1. The number of para-hydroxylation sites is 1. The number of hydrogen-bond donors (Lipinski definition) is 2. The van der Waals surface area contributed by atoms with E-state index in [0.717, 1.165) is 5.56 Å². The number of nitrogens with one attached hydrogen (secondary N) is 2. The number of ether oxygens (including phenoxy) is 1. The molecule has 0 aliphatic carbocycles. The molecule has 4 nitrogen and oxygen atoms in total. The first-order chi connectivity index (χ1) is 12.9. The van der Waals surface area contributed by atoms with E-state index in [1.807, 2.05) is 6.07 Å². The SMILES string of the molecule is CN=C(NCCc1cccc(F)c1)NCc1ccccc1OCC(F)(F)F.I. The van der Waals surface area contributed by atoms with E-state index in [9.17, 15) is 17.6 Å². The van der Waals surface area contributed by atoms with Gasteiger partial charge in [-0.1, -0.05) is 30.3 Å². The summed E-state index contributed by atoms with van der Waals surface area (Å²) in [7, 11) is 1.59. The highest BCUT2D eigenvalue weighted by Gasteiger charge is 2.28. The maximum atomic E-state index is 13.2. The second-order valence-corrected chi connectivity index (χ2v) is 5.74. The van der Waals surface area contributed by atoms with Crippen LogP contribution in [0, 0.1) is 5.82 Å². The highest BCUT2D eigenvalue weighted by molar-refractivity contribution is 14.0. The summed E-state index contributed by atoms with van der Waals surface area (Å²) in [6.07, 6.45) is -3.79. The van der Waals surface area contributed by atoms with Gasteiger partial charge in [0.15, 0.2) is 12.6 Å². The predicted octanol–water partition coefficient (Wildman–Crippen LogP) is 4.29. The minimum atomic E-state index is -4.39. The lowest BCUT2D eigenvalue weighted by Crippen LogP contribution is -2.38. The smallest absolute Gasteiger partial charge is 0.422 e. The van der Waals surface area contributed by atoms with Crippen molar-refractivity contribution >= 4 is 29.9 Å². The molecule has 0 saturated carbocycles. The van der Waals surface area contributed by atoms with Crippen LogP contribution < -0.4 is 15.4 Å². The summed E-state index contributed by atoms with van der Waals surface area (Å²) in [5.74, 6) is 0.361. The molecule has 0 heterocycles.